The highest BCUT2D eigenvalue weighted by molar-refractivity contribution is 6.33. The first kappa shape index (κ1) is 22.2. The van der Waals surface area contributed by atoms with Gasteiger partial charge in [-0.1, -0.05) is 11.6 Å². The summed E-state index contributed by atoms with van der Waals surface area (Å²) >= 11 is 6.21. The zero-order valence-electron chi connectivity index (χ0n) is 19.1. The molecule has 5 rings (SSSR count). The average molecular weight is 458 g/mol. The van der Waals surface area contributed by atoms with Crippen LogP contribution in [-0.4, -0.2) is 46.9 Å². The number of benzene rings is 1. The van der Waals surface area contributed by atoms with E-state index in [0.717, 1.165) is 36.5 Å². The molecule has 2 aromatic rings. The molecule has 2 saturated heterocycles. The Kier molecular flexibility index (Phi) is 6.26. The quantitative estimate of drug-likeness (QED) is 0.582. The molecule has 32 heavy (non-hydrogen) atoms. The fraction of sp³-hybridized carbons (Fsp3) is 0.615. The Labute approximate surface area is 195 Å². The van der Waals surface area contributed by atoms with Gasteiger partial charge in [0.2, 0.25) is 0 Å². The van der Waals surface area contributed by atoms with Gasteiger partial charge in [0.1, 0.15) is 5.82 Å². The van der Waals surface area contributed by atoms with E-state index < -0.39 is 0 Å². The van der Waals surface area contributed by atoms with Gasteiger partial charge in [0.15, 0.2) is 0 Å². The van der Waals surface area contributed by atoms with Crippen LogP contribution in [0.25, 0.3) is 11.3 Å². The van der Waals surface area contributed by atoms with Crippen LogP contribution in [0.5, 0.6) is 0 Å². The lowest BCUT2D eigenvalue weighted by atomic mass is 9.88. The molecule has 6 heteroatoms. The molecule has 3 fully saturated rings. The van der Waals surface area contributed by atoms with Crippen LogP contribution >= 0.6 is 11.6 Å². The summed E-state index contributed by atoms with van der Waals surface area (Å²) < 4.78 is 19.5. The second kappa shape index (κ2) is 9.00. The van der Waals surface area contributed by atoms with Crippen LogP contribution in [0.2, 0.25) is 5.02 Å². The SMILES string of the molecule is CC1(C)CC(CN2C[C@H]3CC(Cc4ccc(-c5cc(F)ccc5Cl)nn4)C[C@H]3C2)CCO1. The van der Waals surface area contributed by atoms with Gasteiger partial charge in [0.05, 0.1) is 22.0 Å². The van der Waals surface area contributed by atoms with Gasteiger partial charge in [-0.2, -0.15) is 10.2 Å². The lowest BCUT2D eigenvalue weighted by Crippen LogP contribution is -2.39. The molecule has 1 aliphatic carbocycles. The van der Waals surface area contributed by atoms with E-state index in [-0.39, 0.29) is 11.4 Å². The highest BCUT2D eigenvalue weighted by Crippen LogP contribution is 2.43. The number of hydrogen-bond acceptors (Lipinski definition) is 4. The van der Waals surface area contributed by atoms with E-state index in [1.807, 2.05) is 12.1 Å². The normalized spacial score (nSPS) is 29.9. The van der Waals surface area contributed by atoms with Crippen LogP contribution in [0, 0.1) is 29.5 Å². The van der Waals surface area contributed by atoms with E-state index in [1.54, 1.807) is 6.07 Å². The third kappa shape index (κ3) is 5.00. The minimum absolute atomic E-state index is 0.0419. The van der Waals surface area contributed by atoms with Crippen molar-refractivity contribution in [1.82, 2.24) is 15.1 Å². The molecule has 2 unspecified atom stereocenters. The lowest BCUT2D eigenvalue weighted by molar-refractivity contribution is -0.0762. The van der Waals surface area contributed by atoms with Crippen molar-refractivity contribution in [2.75, 3.05) is 26.2 Å². The summed E-state index contributed by atoms with van der Waals surface area (Å²) in [5, 5.41) is 9.26. The summed E-state index contributed by atoms with van der Waals surface area (Å²) in [5.74, 6) is 2.79. The van der Waals surface area contributed by atoms with Crippen LogP contribution in [-0.2, 0) is 11.2 Å². The molecule has 172 valence electrons. The minimum Gasteiger partial charge on any atom is -0.376 e. The molecule has 4 nitrogen and oxygen atoms in total. The summed E-state index contributed by atoms with van der Waals surface area (Å²) in [4.78, 5) is 2.72. The second-order valence-electron chi connectivity index (χ2n) is 10.8. The van der Waals surface area contributed by atoms with Crippen LogP contribution in [0.4, 0.5) is 4.39 Å². The average Bonchev–Trinajstić information content (AvgIpc) is 3.27. The fourth-order valence-corrected chi connectivity index (χ4v) is 6.53. The maximum atomic E-state index is 13.6. The van der Waals surface area contributed by atoms with Crippen LogP contribution in [0.3, 0.4) is 0 Å². The maximum Gasteiger partial charge on any atom is 0.123 e. The van der Waals surface area contributed by atoms with E-state index in [2.05, 4.69) is 28.9 Å². The third-order valence-electron chi connectivity index (χ3n) is 7.66. The Hall–Kier alpha value is -1.56. The molecule has 0 N–H and O–H groups in total. The van der Waals surface area contributed by atoms with Crippen molar-refractivity contribution < 1.29 is 9.13 Å². The summed E-state index contributed by atoms with van der Waals surface area (Å²) in [5.41, 5.74) is 2.27. The summed E-state index contributed by atoms with van der Waals surface area (Å²) in [6.45, 7) is 9.10. The van der Waals surface area contributed by atoms with Crippen LogP contribution < -0.4 is 0 Å². The maximum absolute atomic E-state index is 13.6. The van der Waals surface area contributed by atoms with Gasteiger partial charge < -0.3 is 9.64 Å². The molecular weight excluding hydrogens is 425 g/mol. The molecule has 1 saturated carbocycles. The monoisotopic (exact) mass is 457 g/mol. The summed E-state index contributed by atoms with van der Waals surface area (Å²) in [6, 6.07) is 8.27. The minimum atomic E-state index is -0.317. The molecule has 3 heterocycles. The number of halogens is 2. The predicted octanol–water partition coefficient (Wildman–Crippen LogP) is 5.64. The topological polar surface area (TPSA) is 38.2 Å². The molecule has 0 spiro atoms. The molecule has 1 aromatic carbocycles. The number of nitrogens with zero attached hydrogens (tertiary/aromatic N) is 3. The third-order valence-corrected chi connectivity index (χ3v) is 7.99. The second-order valence-corrected chi connectivity index (χ2v) is 11.2. The van der Waals surface area contributed by atoms with Crippen molar-refractivity contribution in [3.63, 3.8) is 0 Å². The number of aromatic nitrogens is 2. The Morgan fingerprint density at radius 3 is 2.56 bits per heavy atom. The summed E-state index contributed by atoms with van der Waals surface area (Å²) in [7, 11) is 0. The molecule has 2 aliphatic heterocycles. The van der Waals surface area contributed by atoms with Gasteiger partial charge in [-0.3, -0.25) is 0 Å². The van der Waals surface area contributed by atoms with Crippen molar-refractivity contribution in [3.8, 4) is 11.3 Å². The molecule has 0 amide bonds. The number of rotatable bonds is 5. The fourth-order valence-electron chi connectivity index (χ4n) is 6.32. The van der Waals surface area contributed by atoms with Crippen LogP contribution in [0.1, 0.15) is 45.2 Å². The first-order valence-electron chi connectivity index (χ1n) is 12.0. The number of ether oxygens (including phenoxy) is 1. The largest absolute Gasteiger partial charge is 0.376 e. The lowest BCUT2D eigenvalue weighted by Gasteiger charge is -2.37. The van der Waals surface area contributed by atoms with Gasteiger partial charge >= 0.3 is 0 Å². The zero-order chi connectivity index (χ0) is 22.3. The molecule has 4 atom stereocenters. The Morgan fingerprint density at radius 1 is 1.09 bits per heavy atom. The highest BCUT2D eigenvalue weighted by atomic mass is 35.5. The predicted molar refractivity (Wildman–Crippen MR) is 125 cm³/mol. The van der Waals surface area contributed by atoms with E-state index in [4.69, 9.17) is 16.3 Å². The smallest absolute Gasteiger partial charge is 0.123 e. The standard InChI is InChI=1S/C26H33ClFN3O/c1-26(2)13-17(7-8-32-26)14-31-15-19-9-18(10-20(19)16-31)11-22-4-6-25(30-29-22)23-12-21(28)3-5-24(23)27/h3-6,12,17-20H,7-11,13-16H2,1-2H3/t17?,18?,19-,20+. The van der Waals surface area contributed by atoms with Crippen molar-refractivity contribution in [2.24, 2.45) is 23.7 Å². The van der Waals surface area contributed by atoms with Gasteiger partial charge in [-0.25, -0.2) is 4.39 Å². The van der Waals surface area contributed by atoms with E-state index in [9.17, 15) is 4.39 Å². The number of fused-ring (bicyclic) bond motifs is 1. The first-order valence-corrected chi connectivity index (χ1v) is 12.4. The Bertz CT molecular complexity index is 937. The van der Waals surface area contributed by atoms with Gasteiger partial charge in [-0.05, 0) is 100.0 Å². The highest BCUT2D eigenvalue weighted by Gasteiger charge is 2.41. The summed E-state index contributed by atoms with van der Waals surface area (Å²) in [6.07, 6.45) is 5.94. The van der Waals surface area contributed by atoms with Gasteiger partial charge in [0.25, 0.3) is 0 Å². The molecule has 0 bridgehead atoms. The molecule has 3 aliphatic rings. The number of likely N-dealkylation sites (tertiary alicyclic amines) is 1. The first-order chi connectivity index (χ1) is 15.3. The Morgan fingerprint density at radius 2 is 1.88 bits per heavy atom. The van der Waals surface area contributed by atoms with E-state index in [0.29, 0.717) is 22.2 Å². The van der Waals surface area contributed by atoms with Crippen molar-refractivity contribution >= 4 is 11.6 Å². The van der Waals surface area contributed by atoms with Crippen LogP contribution in [0.15, 0.2) is 30.3 Å². The van der Waals surface area contributed by atoms with E-state index >= 15 is 0 Å². The van der Waals surface area contributed by atoms with Crippen molar-refractivity contribution in [1.29, 1.82) is 0 Å². The Balaban J connectivity index is 1.13. The van der Waals surface area contributed by atoms with Gasteiger partial charge in [-0.15, -0.1) is 0 Å². The molecule has 0 radical (unpaired) electrons. The molecule has 1 aromatic heterocycles. The van der Waals surface area contributed by atoms with Gasteiger partial charge in [0, 0.05) is 31.8 Å². The van der Waals surface area contributed by atoms with Crippen molar-refractivity contribution in [3.05, 3.63) is 46.9 Å². The molecular formula is C26H33ClFN3O. The zero-order valence-corrected chi connectivity index (χ0v) is 19.8. The number of hydrogen-bond donors (Lipinski definition) is 0. The van der Waals surface area contributed by atoms with Crippen molar-refractivity contribution in [2.45, 2.75) is 51.6 Å². The van der Waals surface area contributed by atoms with E-state index in [1.165, 1.54) is 57.5 Å².